The van der Waals surface area contributed by atoms with Crippen LogP contribution in [0.1, 0.15) is 32.5 Å². The van der Waals surface area contributed by atoms with Gasteiger partial charge in [-0.15, -0.1) is 0 Å². The van der Waals surface area contributed by atoms with Gasteiger partial charge in [0.1, 0.15) is 0 Å². The molecule has 0 saturated heterocycles. The van der Waals surface area contributed by atoms with E-state index in [0.29, 0.717) is 30.2 Å². The largest absolute Gasteiger partial charge is 0.354 e. The zero-order valence-corrected chi connectivity index (χ0v) is 11.1. The van der Waals surface area contributed by atoms with Crippen LogP contribution in [0.3, 0.4) is 0 Å². The number of aliphatic imine (C=N–C) groups is 1. The molecule has 0 radical (unpaired) electrons. The van der Waals surface area contributed by atoms with Gasteiger partial charge in [0.15, 0.2) is 11.8 Å². The molecule has 1 rings (SSSR count). The molecule has 0 spiro atoms. The molecule has 1 aromatic rings. The summed E-state index contributed by atoms with van der Waals surface area (Å²) in [6.07, 6.45) is 0. The topological polar surface area (TPSA) is 75.3 Å². The van der Waals surface area contributed by atoms with Crippen LogP contribution in [0.2, 0.25) is 0 Å². The average molecular weight is 239 g/mol. The predicted octanol–water partition coefficient (Wildman–Crippen LogP) is 1.09. The lowest BCUT2D eigenvalue weighted by atomic mass is 10.1. The molecule has 1 aromatic heterocycles. The van der Waals surface area contributed by atoms with E-state index in [1.807, 2.05) is 0 Å². The normalized spacial score (nSPS) is 13.9. The summed E-state index contributed by atoms with van der Waals surface area (Å²) in [7, 11) is 1.74. The lowest BCUT2D eigenvalue weighted by molar-refractivity contribution is 0.370. The van der Waals surface area contributed by atoms with E-state index in [2.05, 4.69) is 46.5 Å². The minimum absolute atomic E-state index is 0.352. The van der Waals surface area contributed by atoms with Crippen molar-refractivity contribution in [3.8, 4) is 0 Å². The van der Waals surface area contributed by atoms with E-state index in [-0.39, 0.29) is 0 Å². The van der Waals surface area contributed by atoms with E-state index < -0.39 is 0 Å². The number of guanidine groups is 1. The van der Waals surface area contributed by atoms with Gasteiger partial charge in [0, 0.05) is 13.1 Å². The van der Waals surface area contributed by atoms with Crippen LogP contribution in [-0.2, 0) is 6.54 Å². The molecule has 0 aliphatic carbocycles. The van der Waals surface area contributed by atoms with Crippen molar-refractivity contribution in [2.45, 2.75) is 40.3 Å². The van der Waals surface area contributed by atoms with Crippen LogP contribution in [0.15, 0.2) is 9.52 Å². The van der Waals surface area contributed by atoms with Crippen LogP contribution in [0.5, 0.6) is 0 Å². The maximum absolute atomic E-state index is 5.01. The number of aromatic nitrogens is 2. The fraction of sp³-hybridized carbons (Fsp3) is 0.727. The van der Waals surface area contributed by atoms with Crippen molar-refractivity contribution < 1.29 is 4.52 Å². The van der Waals surface area contributed by atoms with Gasteiger partial charge in [-0.05, 0) is 19.8 Å². The first-order chi connectivity index (χ1) is 8.02. The molecule has 96 valence electrons. The van der Waals surface area contributed by atoms with Crippen molar-refractivity contribution in [2.24, 2.45) is 10.9 Å². The number of aryl methyl sites for hydroxylation is 1. The highest BCUT2D eigenvalue weighted by Gasteiger charge is 2.09. The predicted molar refractivity (Wildman–Crippen MR) is 66.7 cm³/mol. The molecule has 0 saturated carbocycles. The van der Waals surface area contributed by atoms with E-state index in [4.69, 9.17) is 4.52 Å². The standard InChI is InChI=1S/C11H21N5O/c1-7(2)8(3)14-11(12-5)13-6-10-15-9(4)16-17-10/h7-8H,6H2,1-5H3,(H2,12,13,14). The van der Waals surface area contributed by atoms with Crippen LogP contribution in [0.25, 0.3) is 0 Å². The van der Waals surface area contributed by atoms with Gasteiger partial charge in [0.25, 0.3) is 0 Å². The molecule has 0 fully saturated rings. The van der Waals surface area contributed by atoms with E-state index in [1.54, 1.807) is 14.0 Å². The molecule has 0 bridgehead atoms. The molecule has 1 atom stereocenters. The third-order valence-electron chi connectivity index (χ3n) is 2.56. The molecule has 6 nitrogen and oxygen atoms in total. The maximum atomic E-state index is 5.01. The van der Waals surface area contributed by atoms with E-state index in [1.165, 1.54) is 0 Å². The first-order valence-corrected chi connectivity index (χ1v) is 5.79. The summed E-state index contributed by atoms with van der Waals surface area (Å²) in [5, 5.41) is 10.1. The fourth-order valence-electron chi connectivity index (χ4n) is 1.15. The molecule has 0 aromatic carbocycles. The number of rotatable bonds is 4. The molecule has 0 amide bonds. The van der Waals surface area contributed by atoms with E-state index >= 15 is 0 Å². The Labute approximate surface area is 102 Å². The summed E-state index contributed by atoms with van der Waals surface area (Å²) in [5.74, 6) is 2.48. The Morgan fingerprint density at radius 1 is 1.41 bits per heavy atom. The summed E-state index contributed by atoms with van der Waals surface area (Å²) in [5.41, 5.74) is 0. The van der Waals surface area contributed by atoms with E-state index in [0.717, 1.165) is 5.96 Å². The second-order valence-corrected chi connectivity index (χ2v) is 4.34. The summed E-state index contributed by atoms with van der Waals surface area (Å²) in [6, 6.07) is 0.352. The minimum Gasteiger partial charge on any atom is -0.354 e. The summed E-state index contributed by atoms with van der Waals surface area (Å²) in [6.45, 7) is 8.71. The van der Waals surface area contributed by atoms with Crippen molar-refractivity contribution in [3.63, 3.8) is 0 Å². The Bertz CT molecular complexity index is 372. The Morgan fingerprint density at radius 3 is 2.59 bits per heavy atom. The van der Waals surface area contributed by atoms with Gasteiger partial charge in [-0.1, -0.05) is 19.0 Å². The van der Waals surface area contributed by atoms with Gasteiger partial charge in [-0.2, -0.15) is 4.98 Å². The Balaban J connectivity index is 2.43. The second kappa shape index (κ2) is 6.22. The smallest absolute Gasteiger partial charge is 0.246 e. The van der Waals surface area contributed by atoms with Crippen molar-refractivity contribution >= 4 is 5.96 Å². The second-order valence-electron chi connectivity index (χ2n) is 4.34. The highest BCUT2D eigenvalue weighted by molar-refractivity contribution is 5.79. The summed E-state index contributed by atoms with van der Waals surface area (Å²) in [4.78, 5) is 8.25. The number of nitrogens with one attached hydrogen (secondary N) is 2. The quantitative estimate of drug-likeness (QED) is 0.607. The van der Waals surface area contributed by atoms with Gasteiger partial charge in [0.2, 0.25) is 5.89 Å². The third kappa shape index (κ3) is 4.42. The van der Waals surface area contributed by atoms with E-state index in [9.17, 15) is 0 Å². The SMILES string of the molecule is CN=C(NCc1nc(C)no1)NC(C)C(C)C. The first kappa shape index (κ1) is 13.5. The number of nitrogens with zero attached hydrogens (tertiary/aromatic N) is 3. The Hall–Kier alpha value is -1.59. The van der Waals surface area contributed by atoms with Crippen molar-refractivity contribution in [2.75, 3.05) is 7.05 Å². The number of hydrogen-bond acceptors (Lipinski definition) is 4. The zero-order chi connectivity index (χ0) is 12.8. The molecule has 6 heteroatoms. The number of hydrogen-bond donors (Lipinski definition) is 2. The summed E-state index contributed by atoms with van der Waals surface area (Å²) < 4.78 is 5.01. The van der Waals surface area contributed by atoms with Crippen LogP contribution < -0.4 is 10.6 Å². The lowest BCUT2D eigenvalue weighted by Crippen LogP contribution is -2.43. The molecule has 0 aliphatic heterocycles. The van der Waals surface area contributed by atoms with Gasteiger partial charge < -0.3 is 15.2 Å². The molecule has 1 unspecified atom stereocenters. The monoisotopic (exact) mass is 239 g/mol. The highest BCUT2D eigenvalue weighted by atomic mass is 16.5. The Kier molecular flexibility index (Phi) is 4.93. The van der Waals surface area contributed by atoms with Crippen LogP contribution in [0, 0.1) is 12.8 Å². The summed E-state index contributed by atoms with van der Waals surface area (Å²) >= 11 is 0. The van der Waals surface area contributed by atoms with Gasteiger partial charge >= 0.3 is 0 Å². The first-order valence-electron chi connectivity index (χ1n) is 5.79. The average Bonchev–Trinajstić information content (AvgIpc) is 2.69. The third-order valence-corrected chi connectivity index (χ3v) is 2.56. The minimum atomic E-state index is 0.352. The van der Waals surface area contributed by atoms with Gasteiger partial charge in [-0.3, -0.25) is 4.99 Å². The van der Waals surface area contributed by atoms with Gasteiger partial charge in [-0.25, -0.2) is 0 Å². The lowest BCUT2D eigenvalue weighted by Gasteiger charge is -2.20. The fourth-order valence-corrected chi connectivity index (χ4v) is 1.15. The molecular formula is C11H21N5O. The van der Waals surface area contributed by atoms with Crippen LogP contribution in [0.4, 0.5) is 0 Å². The molecule has 1 heterocycles. The van der Waals surface area contributed by atoms with Gasteiger partial charge in [0.05, 0.1) is 6.54 Å². The maximum Gasteiger partial charge on any atom is 0.246 e. The zero-order valence-electron chi connectivity index (χ0n) is 11.1. The highest BCUT2D eigenvalue weighted by Crippen LogP contribution is 1.99. The van der Waals surface area contributed by atoms with Crippen molar-refractivity contribution in [1.82, 2.24) is 20.8 Å². The van der Waals surface area contributed by atoms with Crippen LogP contribution in [-0.4, -0.2) is 29.2 Å². The van der Waals surface area contributed by atoms with Crippen molar-refractivity contribution in [3.05, 3.63) is 11.7 Å². The Morgan fingerprint density at radius 2 is 2.12 bits per heavy atom. The molecule has 17 heavy (non-hydrogen) atoms. The van der Waals surface area contributed by atoms with Crippen molar-refractivity contribution in [1.29, 1.82) is 0 Å². The molecular weight excluding hydrogens is 218 g/mol. The molecule has 2 N–H and O–H groups in total. The molecule has 0 aliphatic rings. The van der Waals surface area contributed by atoms with Crippen LogP contribution >= 0.6 is 0 Å².